The third-order valence-corrected chi connectivity index (χ3v) is 4.81. The largest absolute Gasteiger partial charge is 0.380 e. The molecule has 2 aromatic rings. The Bertz CT molecular complexity index is 591. The van der Waals surface area contributed by atoms with E-state index in [0.717, 1.165) is 6.54 Å². The van der Waals surface area contributed by atoms with E-state index in [2.05, 4.69) is 65.0 Å². The molecular weight excluding hydrogens is 276 g/mol. The molecule has 1 N–H and O–H groups in total. The summed E-state index contributed by atoms with van der Waals surface area (Å²) in [5.74, 6) is 0. The number of thioether (sulfide) groups is 1. The topological polar surface area (TPSA) is 15.3 Å². The van der Waals surface area contributed by atoms with Gasteiger partial charge in [-0.3, -0.25) is 0 Å². The lowest BCUT2D eigenvalue weighted by molar-refractivity contribution is 0.949. The third kappa shape index (κ3) is 3.35. The van der Waals surface area contributed by atoms with Gasteiger partial charge in [-0.1, -0.05) is 30.3 Å². The molecule has 1 saturated heterocycles. The molecule has 110 valence electrons. The molecule has 0 aliphatic carbocycles. The molecule has 0 atom stereocenters. The number of nitrogens with one attached hydrogen (secondary N) is 1. The highest BCUT2D eigenvalue weighted by Crippen LogP contribution is 2.28. The Morgan fingerprint density at radius 2 is 1.71 bits per heavy atom. The average molecular weight is 298 g/mol. The normalized spacial score (nSPS) is 14.4. The van der Waals surface area contributed by atoms with Gasteiger partial charge in [0, 0.05) is 35.9 Å². The van der Waals surface area contributed by atoms with Crippen molar-refractivity contribution in [1.29, 1.82) is 0 Å². The fraction of sp³-hybridized carbons (Fsp3) is 0.333. The summed E-state index contributed by atoms with van der Waals surface area (Å²) in [5, 5.41) is 3.60. The van der Waals surface area contributed by atoms with E-state index in [1.807, 2.05) is 0 Å². The molecule has 1 aliphatic rings. The molecule has 0 unspecified atom stereocenters. The van der Waals surface area contributed by atoms with Gasteiger partial charge in [-0.15, -0.1) is 11.8 Å². The van der Waals surface area contributed by atoms with E-state index in [1.54, 1.807) is 11.8 Å². The van der Waals surface area contributed by atoms with Crippen LogP contribution in [0, 0.1) is 0 Å². The molecule has 1 fully saturated rings. The average Bonchev–Trinajstić information content (AvgIpc) is 3.08. The van der Waals surface area contributed by atoms with E-state index in [9.17, 15) is 0 Å². The molecular formula is C18H22N2S. The predicted octanol–water partition coefficient (Wildman–Crippen LogP) is 4.62. The van der Waals surface area contributed by atoms with Gasteiger partial charge >= 0.3 is 0 Å². The Balaban J connectivity index is 1.76. The number of anilines is 2. The minimum Gasteiger partial charge on any atom is -0.380 e. The molecule has 1 heterocycles. The number of para-hydroxylation sites is 2. The van der Waals surface area contributed by atoms with E-state index in [0.29, 0.717) is 0 Å². The number of hydrogen-bond acceptors (Lipinski definition) is 3. The molecule has 0 saturated carbocycles. The van der Waals surface area contributed by atoms with Gasteiger partial charge in [0.25, 0.3) is 0 Å². The van der Waals surface area contributed by atoms with Crippen molar-refractivity contribution < 1.29 is 0 Å². The standard InChI is InChI=1S/C18H22N2S/c1-21-18-11-5-3-9-16(18)19-14-15-8-2-4-10-17(15)20-12-6-7-13-20/h2-5,8-11,19H,6-7,12-14H2,1H3. The molecule has 0 aromatic heterocycles. The maximum Gasteiger partial charge on any atom is 0.0480 e. The SMILES string of the molecule is CSc1ccccc1NCc1ccccc1N1CCCC1. The maximum absolute atomic E-state index is 3.60. The van der Waals surface area contributed by atoms with Crippen LogP contribution in [0.25, 0.3) is 0 Å². The summed E-state index contributed by atoms with van der Waals surface area (Å²) >= 11 is 1.79. The zero-order valence-corrected chi connectivity index (χ0v) is 13.3. The lowest BCUT2D eigenvalue weighted by Gasteiger charge is -2.22. The van der Waals surface area contributed by atoms with Gasteiger partial charge in [0.2, 0.25) is 0 Å². The van der Waals surface area contributed by atoms with Crippen molar-refractivity contribution in [2.24, 2.45) is 0 Å². The predicted molar refractivity (Wildman–Crippen MR) is 93.4 cm³/mol. The first-order chi connectivity index (χ1) is 10.4. The lowest BCUT2D eigenvalue weighted by Crippen LogP contribution is -2.19. The molecule has 0 radical (unpaired) electrons. The second-order valence-corrected chi connectivity index (χ2v) is 6.22. The summed E-state index contributed by atoms with van der Waals surface area (Å²) in [6.07, 6.45) is 4.76. The van der Waals surface area contributed by atoms with Crippen LogP contribution in [-0.4, -0.2) is 19.3 Å². The Morgan fingerprint density at radius 3 is 2.52 bits per heavy atom. The van der Waals surface area contributed by atoms with Crippen molar-refractivity contribution in [1.82, 2.24) is 0 Å². The highest BCUT2D eigenvalue weighted by molar-refractivity contribution is 7.98. The van der Waals surface area contributed by atoms with Gasteiger partial charge in [-0.25, -0.2) is 0 Å². The quantitative estimate of drug-likeness (QED) is 0.811. The van der Waals surface area contributed by atoms with Crippen LogP contribution >= 0.6 is 11.8 Å². The van der Waals surface area contributed by atoms with Crippen LogP contribution in [0.2, 0.25) is 0 Å². The summed E-state index contributed by atoms with van der Waals surface area (Å²) in [4.78, 5) is 3.81. The van der Waals surface area contributed by atoms with Gasteiger partial charge in [0.05, 0.1) is 0 Å². The number of hydrogen-bond donors (Lipinski definition) is 1. The molecule has 0 spiro atoms. The summed E-state index contributed by atoms with van der Waals surface area (Å²) < 4.78 is 0. The Labute approximate surface area is 131 Å². The van der Waals surface area contributed by atoms with E-state index in [-0.39, 0.29) is 0 Å². The zero-order valence-electron chi connectivity index (χ0n) is 12.5. The van der Waals surface area contributed by atoms with Crippen molar-refractivity contribution in [3.05, 3.63) is 54.1 Å². The number of rotatable bonds is 5. The van der Waals surface area contributed by atoms with E-state index < -0.39 is 0 Å². The summed E-state index contributed by atoms with van der Waals surface area (Å²) in [6, 6.07) is 17.3. The highest BCUT2D eigenvalue weighted by atomic mass is 32.2. The van der Waals surface area contributed by atoms with Crippen LogP contribution in [0.1, 0.15) is 18.4 Å². The van der Waals surface area contributed by atoms with Crippen molar-refractivity contribution in [3.63, 3.8) is 0 Å². The molecule has 2 nitrogen and oxygen atoms in total. The molecule has 2 aromatic carbocycles. The van der Waals surface area contributed by atoms with Crippen LogP contribution in [-0.2, 0) is 6.54 Å². The molecule has 21 heavy (non-hydrogen) atoms. The fourth-order valence-electron chi connectivity index (χ4n) is 2.91. The first kappa shape index (κ1) is 14.3. The van der Waals surface area contributed by atoms with Crippen LogP contribution in [0.3, 0.4) is 0 Å². The lowest BCUT2D eigenvalue weighted by atomic mass is 10.1. The van der Waals surface area contributed by atoms with Gasteiger partial charge in [-0.2, -0.15) is 0 Å². The van der Waals surface area contributed by atoms with Crippen LogP contribution in [0.4, 0.5) is 11.4 Å². The van der Waals surface area contributed by atoms with Gasteiger partial charge < -0.3 is 10.2 Å². The van der Waals surface area contributed by atoms with Gasteiger partial charge in [0.1, 0.15) is 0 Å². The number of benzene rings is 2. The Morgan fingerprint density at radius 1 is 1.00 bits per heavy atom. The molecule has 1 aliphatic heterocycles. The monoisotopic (exact) mass is 298 g/mol. The van der Waals surface area contributed by atoms with E-state index in [1.165, 1.54) is 47.8 Å². The highest BCUT2D eigenvalue weighted by Gasteiger charge is 2.15. The van der Waals surface area contributed by atoms with E-state index in [4.69, 9.17) is 0 Å². The Hall–Kier alpha value is -1.61. The second-order valence-electron chi connectivity index (χ2n) is 5.38. The summed E-state index contributed by atoms with van der Waals surface area (Å²) in [7, 11) is 0. The first-order valence-electron chi connectivity index (χ1n) is 7.58. The van der Waals surface area contributed by atoms with Crippen LogP contribution in [0.15, 0.2) is 53.4 Å². The van der Waals surface area contributed by atoms with Crippen LogP contribution < -0.4 is 10.2 Å². The van der Waals surface area contributed by atoms with Crippen molar-refractivity contribution in [2.75, 3.05) is 29.6 Å². The number of nitrogens with zero attached hydrogens (tertiary/aromatic N) is 1. The summed E-state index contributed by atoms with van der Waals surface area (Å²) in [5.41, 5.74) is 4.00. The minimum atomic E-state index is 0.879. The molecule has 0 bridgehead atoms. The van der Waals surface area contributed by atoms with Crippen LogP contribution in [0.5, 0.6) is 0 Å². The van der Waals surface area contributed by atoms with Gasteiger partial charge in [-0.05, 0) is 42.9 Å². The molecule has 0 amide bonds. The third-order valence-electron chi connectivity index (χ3n) is 4.01. The maximum atomic E-state index is 3.60. The fourth-order valence-corrected chi connectivity index (χ4v) is 3.48. The van der Waals surface area contributed by atoms with Crippen molar-refractivity contribution >= 4 is 23.1 Å². The molecule has 3 heteroatoms. The second kappa shape index (κ2) is 6.90. The van der Waals surface area contributed by atoms with Gasteiger partial charge in [0.15, 0.2) is 0 Å². The smallest absolute Gasteiger partial charge is 0.0480 e. The summed E-state index contributed by atoms with van der Waals surface area (Å²) in [6.45, 7) is 3.26. The van der Waals surface area contributed by atoms with Crippen molar-refractivity contribution in [2.45, 2.75) is 24.3 Å². The van der Waals surface area contributed by atoms with E-state index >= 15 is 0 Å². The minimum absolute atomic E-state index is 0.879. The Kier molecular flexibility index (Phi) is 4.71. The first-order valence-corrected chi connectivity index (χ1v) is 8.80. The van der Waals surface area contributed by atoms with Crippen molar-refractivity contribution in [3.8, 4) is 0 Å². The zero-order chi connectivity index (χ0) is 14.5. The molecule has 3 rings (SSSR count).